The van der Waals surface area contributed by atoms with Crippen LogP contribution >= 0.6 is 11.3 Å². The molecule has 0 aliphatic heterocycles. The molecule has 3 rings (SSSR count). The molecule has 0 bridgehead atoms. The Kier molecular flexibility index (Phi) is 8.01. The Balaban J connectivity index is 1.85. The average molecular weight is 457 g/mol. The molecule has 1 amide bonds. The third kappa shape index (κ3) is 6.03. The molecule has 0 atom stereocenters. The van der Waals surface area contributed by atoms with Crippen molar-refractivity contribution in [3.63, 3.8) is 0 Å². The second-order valence-corrected chi connectivity index (χ2v) is 10.4. The van der Waals surface area contributed by atoms with Crippen LogP contribution in [0.5, 0.6) is 0 Å². The summed E-state index contributed by atoms with van der Waals surface area (Å²) in [5, 5.41) is 2.01. The van der Waals surface area contributed by atoms with Gasteiger partial charge in [-0.25, -0.2) is 8.42 Å². The molecule has 0 saturated carbocycles. The van der Waals surface area contributed by atoms with Gasteiger partial charge in [-0.15, -0.1) is 11.3 Å². The van der Waals surface area contributed by atoms with Crippen molar-refractivity contribution in [1.29, 1.82) is 0 Å². The molecule has 3 aromatic rings. The Labute approximate surface area is 189 Å². The van der Waals surface area contributed by atoms with Crippen molar-refractivity contribution in [2.24, 2.45) is 0 Å². The zero-order valence-electron chi connectivity index (χ0n) is 17.9. The van der Waals surface area contributed by atoms with E-state index in [-0.39, 0.29) is 17.3 Å². The second kappa shape index (κ2) is 10.7. The minimum Gasteiger partial charge on any atom is -0.332 e. The lowest BCUT2D eigenvalue weighted by atomic mass is 10.2. The molecule has 2 aromatic carbocycles. The van der Waals surface area contributed by atoms with E-state index in [1.54, 1.807) is 46.6 Å². The van der Waals surface area contributed by atoms with E-state index >= 15 is 0 Å². The van der Waals surface area contributed by atoms with Crippen LogP contribution in [0.15, 0.2) is 77.0 Å². The average Bonchev–Trinajstić information content (AvgIpc) is 3.18. The standard InChI is InChI=1S/C24H28N2O3S2/c1-3-15-26(31(28,29)22-12-8-5-9-13-22)19-24(27)25(17-21-10-6-4-7-11-21)18-23-20(2)14-16-30-23/h4-14,16H,3,15,17-19H2,1-2H3. The third-order valence-corrected chi connectivity index (χ3v) is 7.90. The lowest BCUT2D eigenvalue weighted by Crippen LogP contribution is -2.42. The lowest BCUT2D eigenvalue weighted by molar-refractivity contribution is -0.132. The Morgan fingerprint density at radius 1 is 0.935 bits per heavy atom. The number of nitrogens with zero attached hydrogens (tertiary/aromatic N) is 2. The molecule has 0 fully saturated rings. The van der Waals surface area contributed by atoms with Gasteiger partial charge in [-0.1, -0.05) is 55.5 Å². The number of hydrogen-bond donors (Lipinski definition) is 0. The number of amides is 1. The minimum absolute atomic E-state index is 0.178. The molecular weight excluding hydrogens is 428 g/mol. The van der Waals surface area contributed by atoms with Crippen molar-refractivity contribution >= 4 is 27.3 Å². The first-order valence-electron chi connectivity index (χ1n) is 10.3. The molecule has 5 nitrogen and oxygen atoms in total. The van der Waals surface area contributed by atoms with Gasteiger partial charge in [0.1, 0.15) is 0 Å². The molecule has 0 aliphatic carbocycles. The summed E-state index contributed by atoms with van der Waals surface area (Å²) < 4.78 is 27.6. The maximum absolute atomic E-state index is 13.4. The fourth-order valence-electron chi connectivity index (χ4n) is 3.30. The summed E-state index contributed by atoms with van der Waals surface area (Å²) >= 11 is 1.61. The summed E-state index contributed by atoms with van der Waals surface area (Å²) in [6, 6.07) is 20.1. The van der Waals surface area contributed by atoms with Gasteiger partial charge in [0, 0.05) is 18.0 Å². The van der Waals surface area contributed by atoms with Crippen LogP contribution in [0.3, 0.4) is 0 Å². The molecule has 31 heavy (non-hydrogen) atoms. The largest absolute Gasteiger partial charge is 0.332 e. The summed E-state index contributed by atoms with van der Waals surface area (Å²) in [7, 11) is -3.75. The van der Waals surface area contributed by atoms with Crippen LogP contribution in [-0.4, -0.2) is 36.6 Å². The minimum atomic E-state index is -3.75. The number of thiophene rings is 1. The van der Waals surface area contributed by atoms with Gasteiger partial charge in [0.2, 0.25) is 15.9 Å². The normalized spacial score (nSPS) is 11.6. The Morgan fingerprint density at radius 3 is 2.16 bits per heavy atom. The first kappa shape index (κ1) is 23.2. The summed E-state index contributed by atoms with van der Waals surface area (Å²) in [6.45, 7) is 4.95. The number of carbonyl (C=O) groups excluding carboxylic acids is 1. The topological polar surface area (TPSA) is 57.7 Å². The van der Waals surface area contributed by atoms with Gasteiger partial charge in [-0.2, -0.15) is 4.31 Å². The third-order valence-electron chi connectivity index (χ3n) is 5.04. The van der Waals surface area contributed by atoms with E-state index < -0.39 is 10.0 Å². The SMILES string of the molecule is CCCN(CC(=O)N(Cc1ccccc1)Cc1sccc1C)S(=O)(=O)c1ccccc1. The second-order valence-electron chi connectivity index (χ2n) is 7.41. The van der Waals surface area contributed by atoms with Crippen molar-refractivity contribution in [2.45, 2.75) is 38.3 Å². The molecule has 0 unspecified atom stereocenters. The van der Waals surface area contributed by atoms with Crippen LogP contribution in [0.2, 0.25) is 0 Å². The molecule has 0 radical (unpaired) electrons. The molecule has 1 heterocycles. The van der Waals surface area contributed by atoms with E-state index in [1.807, 2.05) is 55.6 Å². The van der Waals surface area contributed by atoms with Gasteiger partial charge in [0.15, 0.2) is 0 Å². The molecule has 0 aliphatic rings. The number of aryl methyl sites for hydroxylation is 1. The number of carbonyl (C=O) groups is 1. The monoisotopic (exact) mass is 456 g/mol. The smallest absolute Gasteiger partial charge is 0.243 e. The first-order valence-corrected chi connectivity index (χ1v) is 12.6. The van der Waals surface area contributed by atoms with E-state index in [4.69, 9.17) is 0 Å². The molecule has 0 saturated heterocycles. The first-order chi connectivity index (χ1) is 14.9. The Bertz CT molecular complexity index is 1080. The molecule has 0 spiro atoms. The van der Waals surface area contributed by atoms with Gasteiger partial charge in [-0.05, 0) is 48.1 Å². The van der Waals surface area contributed by atoms with Crippen LogP contribution in [-0.2, 0) is 27.9 Å². The predicted molar refractivity (Wildman–Crippen MR) is 125 cm³/mol. The predicted octanol–water partition coefficient (Wildman–Crippen LogP) is 4.69. The highest BCUT2D eigenvalue weighted by Gasteiger charge is 2.28. The Morgan fingerprint density at radius 2 is 1.58 bits per heavy atom. The number of sulfonamides is 1. The molecule has 0 N–H and O–H groups in total. The van der Waals surface area contributed by atoms with Gasteiger partial charge in [0.05, 0.1) is 18.0 Å². The highest BCUT2D eigenvalue weighted by molar-refractivity contribution is 7.89. The van der Waals surface area contributed by atoms with Gasteiger partial charge in [-0.3, -0.25) is 4.79 Å². The van der Waals surface area contributed by atoms with E-state index in [2.05, 4.69) is 0 Å². The van der Waals surface area contributed by atoms with Crippen molar-refractivity contribution in [2.75, 3.05) is 13.1 Å². The molecule has 1 aromatic heterocycles. The van der Waals surface area contributed by atoms with Crippen LogP contribution in [0, 0.1) is 6.92 Å². The van der Waals surface area contributed by atoms with E-state index in [9.17, 15) is 13.2 Å². The van der Waals surface area contributed by atoms with Crippen molar-refractivity contribution in [3.05, 3.63) is 88.1 Å². The number of rotatable bonds is 10. The fraction of sp³-hybridized carbons (Fsp3) is 0.292. The van der Waals surface area contributed by atoms with E-state index in [0.29, 0.717) is 26.1 Å². The van der Waals surface area contributed by atoms with E-state index in [0.717, 1.165) is 16.0 Å². The molecular formula is C24H28N2O3S2. The molecule has 164 valence electrons. The fourth-order valence-corrected chi connectivity index (χ4v) is 5.72. The summed E-state index contributed by atoms with van der Waals surface area (Å²) in [5.41, 5.74) is 2.15. The summed E-state index contributed by atoms with van der Waals surface area (Å²) in [4.78, 5) is 16.4. The zero-order chi connectivity index (χ0) is 22.3. The van der Waals surface area contributed by atoms with E-state index in [1.165, 1.54) is 4.31 Å². The van der Waals surface area contributed by atoms with Gasteiger partial charge < -0.3 is 4.90 Å². The van der Waals surface area contributed by atoms with Crippen molar-refractivity contribution < 1.29 is 13.2 Å². The highest BCUT2D eigenvalue weighted by atomic mass is 32.2. The van der Waals surface area contributed by atoms with Crippen LogP contribution in [0.25, 0.3) is 0 Å². The van der Waals surface area contributed by atoms with Crippen LogP contribution in [0.4, 0.5) is 0 Å². The zero-order valence-corrected chi connectivity index (χ0v) is 19.5. The summed E-state index contributed by atoms with van der Waals surface area (Å²) in [6.07, 6.45) is 0.627. The van der Waals surface area contributed by atoms with Crippen LogP contribution in [0.1, 0.15) is 29.3 Å². The Hall–Kier alpha value is -2.48. The number of benzene rings is 2. The van der Waals surface area contributed by atoms with Crippen molar-refractivity contribution in [1.82, 2.24) is 9.21 Å². The quantitative estimate of drug-likeness (QED) is 0.445. The lowest BCUT2D eigenvalue weighted by Gasteiger charge is -2.27. The van der Waals surface area contributed by atoms with Crippen molar-refractivity contribution in [3.8, 4) is 0 Å². The maximum atomic E-state index is 13.4. The van der Waals surface area contributed by atoms with Crippen LogP contribution < -0.4 is 0 Å². The van der Waals surface area contributed by atoms with Gasteiger partial charge >= 0.3 is 0 Å². The summed E-state index contributed by atoms with van der Waals surface area (Å²) in [5.74, 6) is -0.204. The number of hydrogen-bond acceptors (Lipinski definition) is 4. The molecule has 7 heteroatoms. The maximum Gasteiger partial charge on any atom is 0.243 e. The van der Waals surface area contributed by atoms with Gasteiger partial charge in [0.25, 0.3) is 0 Å². The highest BCUT2D eigenvalue weighted by Crippen LogP contribution is 2.21.